The number of rotatable bonds is 15. The van der Waals surface area contributed by atoms with Crippen LogP contribution in [0.5, 0.6) is 0 Å². The summed E-state index contributed by atoms with van der Waals surface area (Å²) in [5.74, 6) is 0. The molecule has 1 aliphatic carbocycles. The Labute approximate surface area is 266 Å². The van der Waals surface area contributed by atoms with Gasteiger partial charge in [-0.3, -0.25) is 4.99 Å². The molecule has 234 valence electrons. The van der Waals surface area contributed by atoms with Crippen LogP contribution in [0, 0.1) is 0 Å². The van der Waals surface area contributed by atoms with Crippen molar-refractivity contribution < 1.29 is 13.3 Å². The fraction of sp³-hybridized carbons (Fsp3) is 0.378. The fourth-order valence-electron chi connectivity index (χ4n) is 6.02. The average Bonchev–Trinajstić information content (AvgIpc) is 3.08. The zero-order chi connectivity index (χ0) is 31.5. The first-order valence-corrected chi connectivity index (χ1v) is 17.8. The zero-order valence-corrected chi connectivity index (χ0v) is 28.6. The molecule has 0 spiro atoms. The normalized spacial score (nSPS) is 13.7. The number of fused-ring (bicyclic) bond motifs is 1. The van der Waals surface area contributed by atoms with E-state index in [1.165, 1.54) is 39.2 Å². The third-order valence-corrected chi connectivity index (χ3v) is 11.4. The highest BCUT2D eigenvalue weighted by Gasteiger charge is 2.36. The lowest BCUT2D eigenvalue weighted by Crippen LogP contribution is -2.42. The van der Waals surface area contributed by atoms with Crippen LogP contribution in [0.2, 0.25) is 6.04 Å². The molecule has 1 aliphatic rings. The Bertz CT molecular complexity index is 1370. The van der Waals surface area contributed by atoms with Crippen molar-refractivity contribution in [3.05, 3.63) is 107 Å². The molecule has 0 N–H and O–H groups in total. The van der Waals surface area contributed by atoms with Crippen LogP contribution < -0.4 is 9.80 Å². The molecule has 0 fully saturated rings. The predicted octanol–water partition coefficient (Wildman–Crippen LogP) is 7.97. The largest absolute Gasteiger partial charge is 0.500 e. The number of allylic oxidation sites excluding steroid dienone is 3. The second-order valence-electron chi connectivity index (χ2n) is 10.8. The average molecular weight is 612 g/mol. The van der Waals surface area contributed by atoms with Crippen molar-refractivity contribution >= 4 is 37.0 Å². The first kappa shape index (κ1) is 33.4. The highest BCUT2D eigenvalue weighted by Crippen LogP contribution is 2.38. The molecule has 4 rings (SSSR count). The lowest BCUT2D eigenvalue weighted by Gasteiger charge is -2.24. The molecule has 0 radical (unpaired) electrons. The molecule has 0 saturated heterocycles. The molecule has 44 heavy (non-hydrogen) atoms. The van der Waals surface area contributed by atoms with Gasteiger partial charge in [0.1, 0.15) is 0 Å². The van der Waals surface area contributed by atoms with Crippen LogP contribution in [0.25, 0.3) is 11.1 Å². The van der Waals surface area contributed by atoms with Crippen LogP contribution in [0.3, 0.4) is 0 Å². The molecule has 0 heterocycles. The summed E-state index contributed by atoms with van der Waals surface area (Å²) >= 11 is 0. The molecule has 0 unspecified atom stereocenters. The van der Waals surface area contributed by atoms with Crippen molar-refractivity contribution in [2.75, 3.05) is 63.9 Å². The van der Waals surface area contributed by atoms with Gasteiger partial charge >= 0.3 is 8.80 Å². The zero-order valence-electron chi connectivity index (χ0n) is 27.6. The van der Waals surface area contributed by atoms with Crippen molar-refractivity contribution in [3.8, 4) is 0 Å². The number of hydrogen-bond donors (Lipinski definition) is 0. The first-order valence-electron chi connectivity index (χ1n) is 15.9. The van der Waals surface area contributed by atoms with Gasteiger partial charge in [0.2, 0.25) is 0 Å². The molecule has 7 heteroatoms. The van der Waals surface area contributed by atoms with Gasteiger partial charge in [-0.05, 0) is 92.3 Å². The van der Waals surface area contributed by atoms with Crippen molar-refractivity contribution in [2.45, 2.75) is 40.2 Å². The summed E-state index contributed by atoms with van der Waals surface area (Å²) in [6, 6.07) is 27.4. The lowest BCUT2D eigenvalue weighted by atomic mass is 9.83. The number of anilines is 2. The lowest BCUT2D eigenvalue weighted by molar-refractivity contribution is 0.123. The standard InChI is InChI=1S/C37H49N3O3Si/c1-8-39(9-2)31-21-17-29(18-22-31)37(30-19-23-32(24-20-30)40(10-3)11-4)35-25-26-36(34-16-13-12-15-33(34)35)38-27-14-28-44(41-5,42-6)43-7/h12-13,15-26H,8-11,14,27-28H2,1-7H3. The van der Waals surface area contributed by atoms with E-state index in [0.717, 1.165) is 49.9 Å². The van der Waals surface area contributed by atoms with E-state index >= 15 is 0 Å². The smallest absolute Gasteiger partial charge is 0.377 e. The topological polar surface area (TPSA) is 46.5 Å². The predicted molar refractivity (Wildman–Crippen MR) is 189 cm³/mol. The van der Waals surface area contributed by atoms with E-state index in [1.54, 1.807) is 21.3 Å². The Balaban J connectivity index is 1.78. The molecule has 0 saturated carbocycles. The Hall–Kier alpha value is -3.49. The molecule has 3 aromatic carbocycles. The van der Waals surface area contributed by atoms with Gasteiger partial charge in [0.25, 0.3) is 0 Å². The van der Waals surface area contributed by atoms with E-state index < -0.39 is 8.80 Å². The molecular weight excluding hydrogens is 563 g/mol. The summed E-state index contributed by atoms with van der Waals surface area (Å²) in [6.45, 7) is 13.4. The Morgan fingerprint density at radius 3 is 1.57 bits per heavy atom. The summed E-state index contributed by atoms with van der Waals surface area (Å²) in [6.07, 6.45) is 5.23. The van der Waals surface area contributed by atoms with Gasteiger partial charge in [0.05, 0.1) is 5.71 Å². The molecular formula is C37H49N3O3Si. The summed E-state index contributed by atoms with van der Waals surface area (Å²) in [5, 5.41) is 0. The number of aliphatic imine (C=N–C) groups is 1. The number of hydrogen-bond acceptors (Lipinski definition) is 6. The highest BCUT2D eigenvalue weighted by atomic mass is 28.4. The first-order chi connectivity index (χ1) is 21.5. The Kier molecular flexibility index (Phi) is 12.1. The van der Waals surface area contributed by atoms with Gasteiger partial charge in [-0.15, -0.1) is 0 Å². The van der Waals surface area contributed by atoms with Crippen molar-refractivity contribution in [1.29, 1.82) is 0 Å². The molecule has 6 nitrogen and oxygen atoms in total. The van der Waals surface area contributed by atoms with Crippen LogP contribution in [-0.4, -0.2) is 68.6 Å². The maximum atomic E-state index is 5.60. The van der Waals surface area contributed by atoms with Crippen molar-refractivity contribution in [2.24, 2.45) is 4.99 Å². The summed E-state index contributed by atoms with van der Waals surface area (Å²) < 4.78 is 16.8. The van der Waals surface area contributed by atoms with Crippen LogP contribution >= 0.6 is 0 Å². The van der Waals surface area contributed by atoms with Crippen LogP contribution in [0.4, 0.5) is 11.4 Å². The summed E-state index contributed by atoms with van der Waals surface area (Å²) in [4.78, 5) is 9.78. The van der Waals surface area contributed by atoms with E-state index in [1.807, 2.05) is 0 Å². The minimum atomic E-state index is -2.61. The molecule has 0 bridgehead atoms. The molecule has 3 aromatic rings. The van der Waals surface area contributed by atoms with E-state index in [9.17, 15) is 0 Å². The van der Waals surface area contributed by atoms with Crippen molar-refractivity contribution in [1.82, 2.24) is 0 Å². The van der Waals surface area contributed by atoms with Gasteiger partial charge in [-0.2, -0.15) is 0 Å². The molecule has 0 amide bonds. The number of benzene rings is 3. The van der Waals surface area contributed by atoms with Gasteiger partial charge < -0.3 is 23.1 Å². The number of nitrogens with zero attached hydrogens (tertiary/aromatic N) is 3. The minimum Gasteiger partial charge on any atom is -0.377 e. The summed E-state index contributed by atoms with van der Waals surface area (Å²) in [7, 11) is 2.36. The van der Waals surface area contributed by atoms with Gasteiger partial charge in [0, 0.05) is 77.0 Å². The van der Waals surface area contributed by atoms with Crippen molar-refractivity contribution in [3.63, 3.8) is 0 Å². The van der Waals surface area contributed by atoms with Gasteiger partial charge in [0.15, 0.2) is 0 Å². The van der Waals surface area contributed by atoms with E-state index in [-0.39, 0.29) is 0 Å². The summed E-state index contributed by atoms with van der Waals surface area (Å²) in [5.41, 5.74) is 10.7. The Morgan fingerprint density at radius 2 is 1.11 bits per heavy atom. The van der Waals surface area contributed by atoms with E-state index in [2.05, 4.69) is 122 Å². The van der Waals surface area contributed by atoms with Crippen LogP contribution in [-0.2, 0) is 13.3 Å². The van der Waals surface area contributed by atoms with Gasteiger partial charge in [-0.1, -0.05) is 54.6 Å². The third kappa shape index (κ3) is 7.41. The fourth-order valence-corrected chi connectivity index (χ4v) is 7.73. The third-order valence-electron chi connectivity index (χ3n) is 8.60. The molecule has 0 atom stereocenters. The minimum absolute atomic E-state index is 0.671. The Morgan fingerprint density at radius 1 is 0.636 bits per heavy atom. The molecule has 0 aromatic heterocycles. The van der Waals surface area contributed by atoms with Crippen LogP contribution in [0.15, 0.2) is 89.9 Å². The molecule has 0 aliphatic heterocycles. The van der Waals surface area contributed by atoms with Gasteiger partial charge in [-0.25, -0.2) is 0 Å². The second-order valence-corrected chi connectivity index (χ2v) is 13.9. The monoisotopic (exact) mass is 611 g/mol. The maximum Gasteiger partial charge on any atom is 0.500 e. The van der Waals surface area contributed by atoms with E-state index in [4.69, 9.17) is 18.3 Å². The SMILES string of the molecule is CCN(CC)c1ccc(C(=C2C=CC(=NCCC[Si](OC)(OC)OC)c3ccccc32)c2ccc(N(CC)CC)cc2)cc1. The highest BCUT2D eigenvalue weighted by molar-refractivity contribution is 6.60. The van der Waals surface area contributed by atoms with E-state index in [0.29, 0.717) is 6.54 Å². The van der Waals surface area contributed by atoms with Crippen LogP contribution in [0.1, 0.15) is 56.4 Å². The quantitative estimate of drug-likeness (QED) is 0.129. The maximum absolute atomic E-state index is 5.60. The second kappa shape index (κ2) is 16.0.